The molecule has 0 spiro atoms. The van der Waals surface area contributed by atoms with Crippen molar-refractivity contribution < 1.29 is 18.4 Å². The molecule has 0 saturated heterocycles. The number of aromatic nitrogens is 2. The van der Waals surface area contributed by atoms with Crippen LogP contribution < -0.4 is 0 Å². The van der Waals surface area contributed by atoms with E-state index >= 15 is 0 Å². The minimum absolute atomic E-state index is 0.0248. The molecular weight excluding hydrogens is 442 g/mol. The van der Waals surface area contributed by atoms with Gasteiger partial charge in [0.25, 0.3) is 5.69 Å². The van der Waals surface area contributed by atoms with Crippen molar-refractivity contribution in [1.29, 1.82) is 0 Å². The number of nitro groups is 1. The highest BCUT2D eigenvalue weighted by Gasteiger charge is 2.21. The first-order chi connectivity index (χ1) is 15.8. The number of rotatable bonds is 7. The predicted octanol–water partition coefficient (Wildman–Crippen LogP) is 4.32. The van der Waals surface area contributed by atoms with Crippen LogP contribution in [0.4, 0.5) is 5.69 Å². The molecule has 0 radical (unpaired) electrons. The van der Waals surface area contributed by atoms with Crippen LogP contribution in [0.15, 0.2) is 90.0 Å². The van der Waals surface area contributed by atoms with E-state index in [2.05, 4.69) is 9.97 Å². The Morgan fingerprint density at radius 1 is 0.879 bits per heavy atom. The van der Waals surface area contributed by atoms with Crippen molar-refractivity contribution >= 4 is 15.5 Å². The molecule has 0 unspecified atom stereocenters. The average Bonchev–Trinajstić information content (AvgIpc) is 2.81. The third kappa shape index (κ3) is 5.21. The summed E-state index contributed by atoms with van der Waals surface area (Å²) in [6.07, 6.45) is 1.88. The summed E-state index contributed by atoms with van der Waals surface area (Å²) in [7, 11) is -3.81. The van der Waals surface area contributed by atoms with Gasteiger partial charge in [-0.3, -0.25) is 15.1 Å². The molecular formula is C24H19N3O5S. The number of benzene rings is 3. The average molecular weight is 461 g/mol. The Morgan fingerprint density at radius 2 is 1.55 bits per heavy atom. The molecule has 0 aliphatic heterocycles. The number of nitrogens with zero attached hydrogens (tertiary/aromatic N) is 3. The maximum atomic E-state index is 13.0. The van der Waals surface area contributed by atoms with Crippen LogP contribution >= 0.6 is 0 Å². The zero-order chi connectivity index (χ0) is 23.4. The lowest BCUT2D eigenvalue weighted by molar-refractivity contribution is -0.384. The number of non-ortho nitro benzene ring substituents is 1. The molecule has 0 atom stereocenters. The topological polar surface area (TPSA) is 123 Å². The highest BCUT2D eigenvalue weighted by molar-refractivity contribution is 7.90. The summed E-state index contributed by atoms with van der Waals surface area (Å²) in [6, 6.07) is 20.8. The van der Waals surface area contributed by atoms with E-state index in [1.54, 1.807) is 24.3 Å². The molecule has 1 N–H and O–H groups in total. The minimum atomic E-state index is -3.81. The summed E-state index contributed by atoms with van der Waals surface area (Å²) >= 11 is 0. The number of hydrogen-bond acceptors (Lipinski definition) is 7. The number of hydrogen-bond donors (Lipinski definition) is 1. The third-order valence-corrected chi connectivity index (χ3v) is 6.69. The smallest absolute Gasteiger partial charge is 0.269 e. The van der Waals surface area contributed by atoms with Crippen molar-refractivity contribution in [2.24, 2.45) is 0 Å². The number of aromatic hydroxyl groups is 1. The molecule has 0 fully saturated rings. The highest BCUT2D eigenvalue weighted by atomic mass is 32.2. The van der Waals surface area contributed by atoms with Crippen molar-refractivity contribution in [1.82, 2.24) is 9.97 Å². The van der Waals surface area contributed by atoms with Crippen LogP contribution in [0.1, 0.15) is 17.0 Å². The van der Waals surface area contributed by atoms with Crippen molar-refractivity contribution in [3.63, 3.8) is 0 Å². The first kappa shape index (κ1) is 22.1. The van der Waals surface area contributed by atoms with Gasteiger partial charge >= 0.3 is 0 Å². The Morgan fingerprint density at radius 3 is 2.18 bits per heavy atom. The van der Waals surface area contributed by atoms with Gasteiger partial charge in [-0.05, 0) is 42.0 Å². The van der Waals surface area contributed by atoms with Gasteiger partial charge < -0.3 is 5.11 Å². The maximum absolute atomic E-state index is 13.0. The fourth-order valence-electron chi connectivity index (χ4n) is 3.31. The van der Waals surface area contributed by atoms with Crippen LogP contribution in [0.3, 0.4) is 0 Å². The molecule has 4 aromatic rings. The number of sulfone groups is 1. The predicted molar refractivity (Wildman–Crippen MR) is 122 cm³/mol. The normalized spacial score (nSPS) is 11.3. The lowest BCUT2D eigenvalue weighted by Gasteiger charge is -2.11. The largest absolute Gasteiger partial charge is 0.508 e. The Kier molecular flexibility index (Phi) is 6.14. The van der Waals surface area contributed by atoms with Gasteiger partial charge in [0.1, 0.15) is 5.75 Å². The molecule has 3 aromatic carbocycles. The summed E-state index contributed by atoms with van der Waals surface area (Å²) in [5.41, 5.74) is 2.87. The molecule has 33 heavy (non-hydrogen) atoms. The quantitative estimate of drug-likeness (QED) is 0.321. The van der Waals surface area contributed by atoms with Crippen LogP contribution in [0.5, 0.6) is 5.75 Å². The van der Waals surface area contributed by atoms with E-state index in [1.807, 2.05) is 30.3 Å². The van der Waals surface area contributed by atoms with Gasteiger partial charge in [0.05, 0.1) is 38.9 Å². The van der Waals surface area contributed by atoms with Crippen LogP contribution in [-0.4, -0.2) is 28.4 Å². The van der Waals surface area contributed by atoms with Gasteiger partial charge in [-0.1, -0.05) is 30.3 Å². The Bertz CT molecular complexity index is 1390. The van der Waals surface area contributed by atoms with Crippen LogP contribution in [0.25, 0.3) is 11.3 Å². The Balaban J connectivity index is 1.71. The fraction of sp³-hybridized carbons (Fsp3) is 0.0833. The molecule has 0 aliphatic rings. The fourth-order valence-corrected chi connectivity index (χ4v) is 4.63. The van der Waals surface area contributed by atoms with Gasteiger partial charge in [-0.2, -0.15) is 0 Å². The van der Waals surface area contributed by atoms with Crippen molar-refractivity contribution in [2.45, 2.75) is 17.1 Å². The molecule has 0 aliphatic carbocycles. The number of nitro benzene ring substituents is 1. The lowest BCUT2D eigenvalue weighted by Crippen LogP contribution is -2.11. The summed E-state index contributed by atoms with van der Waals surface area (Å²) in [6.45, 7) is 0. The van der Waals surface area contributed by atoms with Gasteiger partial charge in [0.2, 0.25) is 0 Å². The van der Waals surface area contributed by atoms with Crippen molar-refractivity contribution in [2.75, 3.05) is 0 Å². The minimum Gasteiger partial charge on any atom is -0.508 e. The van der Waals surface area contributed by atoms with E-state index in [0.29, 0.717) is 23.5 Å². The van der Waals surface area contributed by atoms with Crippen molar-refractivity contribution in [3.8, 4) is 17.0 Å². The second-order valence-electron chi connectivity index (χ2n) is 7.37. The molecule has 0 bridgehead atoms. The molecule has 166 valence electrons. The first-order valence-corrected chi connectivity index (χ1v) is 11.6. The van der Waals surface area contributed by atoms with Crippen LogP contribution in [0.2, 0.25) is 0 Å². The van der Waals surface area contributed by atoms with Crippen LogP contribution in [-0.2, 0) is 22.0 Å². The molecule has 0 amide bonds. The summed E-state index contributed by atoms with van der Waals surface area (Å²) in [4.78, 5) is 19.4. The van der Waals surface area contributed by atoms with Crippen LogP contribution in [0, 0.1) is 10.1 Å². The van der Waals surface area contributed by atoms with E-state index in [-0.39, 0.29) is 16.3 Å². The van der Waals surface area contributed by atoms with Gasteiger partial charge in [-0.15, -0.1) is 0 Å². The Hall–Kier alpha value is -4.11. The molecule has 9 heteroatoms. The highest BCUT2D eigenvalue weighted by Crippen LogP contribution is 2.25. The maximum Gasteiger partial charge on any atom is 0.269 e. The monoisotopic (exact) mass is 461 g/mol. The number of phenolic OH excluding ortho intramolecular Hbond substituents is 1. The molecule has 1 aromatic heterocycles. The van der Waals surface area contributed by atoms with Gasteiger partial charge in [-0.25, -0.2) is 13.4 Å². The van der Waals surface area contributed by atoms with E-state index in [9.17, 15) is 23.6 Å². The number of phenols is 1. The van der Waals surface area contributed by atoms with E-state index < -0.39 is 20.5 Å². The summed E-state index contributed by atoms with van der Waals surface area (Å²) in [5.74, 6) is -0.266. The molecule has 8 nitrogen and oxygen atoms in total. The molecule has 4 rings (SSSR count). The molecule has 1 heterocycles. The molecule has 0 saturated carbocycles. The second kappa shape index (κ2) is 9.17. The zero-order valence-corrected chi connectivity index (χ0v) is 18.1. The summed E-state index contributed by atoms with van der Waals surface area (Å²) in [5, 5.41) is 20.4. The Labute approximate surface area is 190 Å². The SMILES string of the molecule is O=[N+]([O-])c1ccc(S(=O)(=O)Cc2ncc(-c3ccc(O)cc3)nc2Cc2ccccc2)cc1. The second-order valence-corrected chi connectivity index (χ2v) is 9.36. The third-order valence-electron chi connectivity index (χ3n) is 5.04. The zero-order valence-electron chi connectivity index (χ0n) is 17.3. The van der Waals surface area contributed by atoms with E-state index in [4.69, 9.17) is 0 Å². The lowest BCUT2D eigenvalue weighted by atomic mass is 10.1. The van der Waals surface area contributed by atoms with E-state index in [1.165, 1.54) is 18.3 Å². The van der Waals surface area contributed by atoms with Crippen molar-refractivity contribution in [3.05, 3.63) is 112 Å². The summed E-state index contributed by atoms with van der Waals surface area (Å²) < 4.78 is 26.0. The standard InChI is InChI=1S/C24H19N3O5S/c28-20-10-6-18(7-11-20)23-15-25-24(22(26-23)14-17-4-2-1-3-5-17)16-33(31,32)21-12-8-19(9-13-21)27(29)30/h1-13,15,28H,14,16H2. The van der Waals surface area contributed by atoms with E-state index in [0.717, 1.165) is 23.3 Å². The van der Waals surface area contributed by atoms with Gasteiger partial charge in [0, 0.05) is 24.1 Å². The van der Waals surface area contributed by atoms with Gasteiger partial charge in [0.15, 0.2) is 9.84 Å². The first-order valence-electron chi connectivity index (χ1n) is 9.97.